The van der Waals surface area contributed by atoms with Gasteiger partial charge in [-0.05, 0) is 55.7 Å². The lowest BCUT2D eigenvalue weighted by Gasteiger charge is -2.48. The van der Waals surface area contributed by atoms with Crippen molar-refractivity contribution in [3.8, 4) is 0 Å². The number of halogens is 1. The van der Waals surface area contributed by atoms with Crippen LogP contribution in [0.5, 0.6) is 0 Å². The summed E-state index contributed by atoms with van der Waals surface area (Å²) in [4.78, 5) is 0. The minimum absolute atomic E-state index is 0.0456. The van der Waals surface area contributed by atoms with E-state index in [1.165, 1.54) is 18.6 Å². The van der Waals surface area contributed by atoms with Crippen LogP contribution in [0.2, 0.25) is 0 Å². The summed E-state index contributed by atoms with van der Waals surface area (Å²) >= 11 is 0. The Balaban J connectivity index is 1.71. The Hall–Kier alpha value is -0.930. The van der Waals surface area contributed by atoms with Crippen LogP contribution in [0, 0.1) is 11.7 Å². The second-order valence-electron chi connectivity index (χ2n) is 5.63. The van der Waals surface area contributed by atoms with Crippen molar-refractivity contribution >= 4 is 0 Å². The number of hydrogen-bond donors (Lipinski definition) is 1. The molecule has 2 nitrogen and oxygen atoms in total. The van der Waals surface area contributed by atoms with Gasteiger partial charge in [0.05, 0.1) is 11.7 Å². The Morgan fingerprint density at radius 1 is 1.28 bits per heavy atom. The second kappa shape index (κ2) is 4.63. The largest absolute Gasteiger partial charge is 0.388 e. The number of benzene rings is 1. The van der Waals surface area contributed by atoms with Crippen molar-refractivity contribution < 1.29 is 14.2 Å². The number of hydrogen-bond acceptors (Lipinski definition) is 2. The van der Waals surface area contributed by atoms with Gasteiger partial charge in [-0.1, -0.05) is 12.1 Å². The van der Waals surface area contributed by atoms with Crippen LogP contribution >= 0.6 is 0 Å². The second-order valence-corrected chi connectivity index (χ2v) is 5.63. The van der Waals surface area contributed by atoms with E-state index in [1.54, 1.807) is 12.1 Å². The summed E-state index contributed by atoms with van der Waals surface area (Å²) in [5.74, 6) is -0.0158. The molecular formula is C15H19FO2. The van der Waals surface area contributed by atoms with Gasteiger partial charge in [-0.15, -0.1) is 0 Å². The first-order valence-corrected chi connectivity index (χ1v) is 6.76. The molecule has 0 aromatic heterocycles. The van der Waals surface area contributed by atoms with Crippen LogP contribution in [0.4, 0.5) is 4.39 Å². The molecule has 1 aromatic carbocycles. The summed E-state index contributed by atoms with van der Waals surface area (Å²) < 4.78 is 18.7. The minimum Gasteiger partial charge on any atom is -0.388 e. The maximum Gasteiger partial charge on any atom is 0.123 e. The number of rotatable bonds is 2. The topological polar surface area (TPSA) is 29.5 Å². The highest BCUT2D eigenvalue weighted by Gasteiger charge is 2.44. The van der Waals surface area contributed by atoms with Gasteiger partial charge in [-0.25, -0.2) is 4.39 Å². The van der Waals surface area contributed by atoms with E-state index in [4.69, 9.17) is 4.74 Å². The lowest BCUT2D eigenvalue weighted by Crippen LogP contribution is -2.46. The maximum atomic E-state index is 12.9. The van der Waals surface area contributed by atoms with Gasteiger partial charge < -0.3 is 9.84 Å². The summed E-state index contributed by atoms with van der Waals surface area (Å²) in [6.45, 7) is 0.739. The first kappa shape index (κ1) is 12.1. The predicted molar refractivity (Wildman–Crippen MR) is 66.6 cm³/mol. The third-order valence-corrected chi connectivity index (χ3v) is 4.45. The van der Waals surface area contributed by atoms with Gasteiger partial charge in [0.25, 0.3) is 0 Å². The summed E-state index contributed by atoms with van der Waals surface area (Å²) in [6, 6.07) is 6.19. The number of ether oxygens (including phenoxy) is 1. The normalized spacial score (nSPS) is 27.8. The van der Waals surface area contributed by atoms with Crippen molar-refractivity contribution in [1.29, 1.82) is 0 Å². The summed E-state index contributed by atoms with van der Waals surface area (Å²) in [5, 5.41) is 10.4. The van der Waals surface area contributed by atoms with Crippen LogP contribution in [0.1, 0.15) is 43.8 Å². The van der Waals surface area contributed by atoms with Gasteiger partial charge in [0.2, 0.25) is 0 Å². The fourth-order valence-electron chi connectivity index (χ4n) is 3.19. The minimum atomic E-state index is -0.494. The van der Waals surface area contributed by atoms with E-state index in [9.17, 15) is 9.50 Å². The van der Waals surface area contributed by atoms with Crippen molar-refractivity contribution in [3.63, 3.8) is 0 Å². The van der Waals surface area contributed by atoms with E-state index in [0.717, 1.165) is 37.9 Å². The van der Waals surface area contributed by atoms with Crippen LogP contribution in [0.15, 0.2) is 24.3 Å². The SMILES string of the molecule is OC(c1ccc(F)cc1)C1CCOC2(CCC2)C1. The molecule has 18 heavy (non-hydrogen) atoms. The Morgan fingerprint density at radius 3 is 2.61 bits per heavy atom. The molecule has 1 aliphatic heterocycles. The number of aliphatic hydroxyl groups excluding tert-OH is 1. The molecule has 3 rings (SSSR count). The van der Waals surface area contributed by atoms with Crippen LogP contribution in [0.3, 0.4) is 0 Å². The van der Waals surface area contributed by atoms with Crippen molar-refractivity contribution in [1.82, 2.24) is 0 Å². The van der Waals surface area contributed by atoms with Gasteiger partial charge in [0, 0.05) is 6.61 Å². The molecule has 98 valence electrons. The first-order valence-electron chi connectivity index (χ1n) is 6.76. The van der Waals surface area contributed by atoms with Crippen molar-refractivity contribution in [3.05, 3.63) is 35.6 Å². The van der Waals surface area contributed by atoms with Crippen molar-refractivity contribution in [2.24, 2.45) is 5.92 Å². The van der Waals surface area contributed by atoms with E-state index in [1.807, 2.05) is 0 Å². The third kappa shape index (κ3) is 2.17. The molecule has 1 saturated carbocycles. The molecule has 1 spiro atoms. The molecule has 1 heterocycles. The Bertz CT molecular complexity index is 411. The predicted octanol–water partition coefficient (Wildman–Crippen LogP) is 3.21. The zero-order valence-corrected chi connectivity index (χ0v) is 10.4. The zero-order chi connectivity index (χ0) is 12.6. The molecule has 1 saturated heterocycles. The maximum absolute atomic E-state index is 12.9. The third-order valence-electron chi connectivity index (χ3n) is 4.45. The highest BCUT2D eigenvalue weighted by Crippen LogP contribution is 2.47. The fraction of sp³-hybridized carbons (Fsp3) is 0.600. The summed E-state index contributed by atoms with van der Waals surface area (Å²) in [5.41, 5.74) is 0.863. The highest BCUT2D eigenvalue weighted by atomic mass is 19.1. The van der Waals surface area contributed by atoms with E-state index in [2.05, 4.69) is 0 Å². The van der Waals surface area contributed by atoms with Gasteiger partial charge >= 0.3 is 0 Å². The van der Waals surface area contributed by atoms with Gasteiger partial charge in [-0.2, -0.15) is 0 Å². The molecule has 3 heteroatoms. The molecule has 1 aliphatic carbocycles. The van der Waals surface area contributed by atoms with Crippen LogP contribution in [-0.4, -0.2) is 17.3 Å². The molecule has 2 fully saturated rings. The summed E-state index contributed by atoms with van der Waals surface area (Å²) in [6.07, 6.45) is 4.82. The first-order chi connectivity index (χ1) is 8.69. The quantitative estimate of drug-likeness (QED) is 0.873. The lowest BCUT2D eigenvalue weighted by molar-refractivity contribution is -0.157. The van der Waals surface area contributed by atoms with Crippen LogP contribution in [-0.2, 0) is 4.74 Å². The molecule has 1 aromatic rings. The molecular weight excluding hydrogens is 231 g/mol. The summed E-state index contributed by atoms with van der Waals surface area (Å²) in [7, 11) is 0. The Labute approximate surface area is 107 Å². The fourth-order valence-corrected chi connectivity index (χ4v) is 3.19. The van der Waals surface area contributed by atoms with E-state index in [-0.39, 0.29) is 17.3 Å². The average molecular weight is 250 g/mol. The van der Waals surface area contributed by atoms with Crippen LogP contribution < -0.4 is 0 Å². The smallest absolute Gasteiger partial charge is 0.123 e. The molecule has 0 bridgehead atoms. The molecule has 1 N–H and O–H groups in total. The molecule has 0 amide bonds. The number of aliphatic hydroxyl groups is 1. The standard InChI is InChI=1S/C15H19FO2/c16-13-4-2-11(3-5-13)14(17)12-6-9-18-15(10-12)7-1-8-15/h2-5,12,14,17H,1,6-10H2. The van der Waals surface area contributed by atoms with E-state index < -0.39 is 6.10 Å². The molecule has 2 unspecified atom stereocenters. The molecule has 2 aliphatic rings. The monoisotopic (exact) mass is 250 g/mol. The van der Waals surface area contributed by atoms with Crippen molar-refractivity contribution in [2.45, 2.75) is 43.8 Å². The Kier molecular flexibility index (Phi) is 3.12. The van der Waals surface area contributed by atoms with Gasteiger partial charge in [0.15, 0.2) is 0 Å². The molecule has 2 atom stereocenters. The zero-order valence-electron chi connectivity index (χ0n) is 10.4. The Morgan fingerprint density at radius 2 is 2.00 bits per heavy atom. The van der Waals surface area contributed by atoms with E-state index >= 15 is 0 Å². The van der Waals surface area contributed by atoms with E-state index in [0.29, 0.717) is 0 Å². The van der Waals surface area contributed by atoms with Crippen molar-refractivity contribution in [2.75, 3.05) is 6.61 Å². The highest BCUT2D eigenvalue weighted by molar-refractivity contribution is 5.19. The van der Waals surface area contributed by atoms with Gasteiger partial charge in [-0.3, -0.25) is 0 Å². The van der Waals surface area contributed by atoms with Crippen LogP contribution in [0.25, 0.3) is 0 Å². The molecule has 0 radical (unpaired) electrons. The average Bonchev–Trinajstić information content (AvgIpc) is 2.37. The van der Waals surface area contributed by atoms with Gasteiger partial charge in [0.1, 0.15) is 5.82 Å². The lowest BCUT2D eigenvalue weighted by atomic mass is 9.70.